The number of carbonyl (C=O) groups is 3. The molecule has 1 unspecified atom stereocenters. The molecular formula is C25H28N2O6. The number of aromatic carboxylic acids is 1. The summed E-state index contributed by atoms with van der Waals surface area (Å²) < 4.78 is 6.56. The van der Waals surface area contributed by atoms with E-state index in [1.165, 1.54) is 11.1 Å². The highest BCUT2D eigenvalue weighted by Gasteiger charge is 2.43. The molecule has 0 radical (unpaired) electrons. The average molecular weight is 453 g/mol. The van der Waals surface area contributed by atoms with E-state index in [9.17, 15) is 19.5 Å². The molecule has 0 saturated carbocycles. The largest absolute Gasteiger partial charge is 0.480 e. The lowest BCUT2D eigenvalue weighted by Gasteiger charge is -2.47. The summed E-state index contributed by atoms with van der Waals surface area (Å²) in [4.78, 5) is 36.5. The van der Waals surface area contributed by atoms with Crippen LogP contribution in [-0.4, -0.2) is 58.7 Å². The highest BCUT2D eigenvalue weighted by atomic mass is 16.5. The maximum absolute atomic E-state index is 12.2. The van der Waals surface area contributed by atoms with Crippen LogP contribution in [0.15, 0.2) is 48.5 Å². The number of hydrogen-bond donors (Lipinski definition) is 3. The van der Waals surface area contributed by atoms with E-state index in [1.54, 1.807) is 18.2 Å². The van der Waals surface area contributed by atoms with Crippen molar-refractivity contribution in [1.29, 1.82) is 0 Å². The normalized spacial score (nSPS) is 19.6. The van der Waals surface area contributed by atoms with Gasteiger partial charge in [-0.2, -0.15) is 0 Å². The van der Waals surface area contributed by atoms with Crippen LogP contribution in [0.1, 0.15) is 46.3 Å². The van der Waals surface area contributed by atoms with Gasteiger partial charge in [0.2, 0.25) is 5.91 Å². The van der Waals surface area contributed by atoms with Crippen LogP contribution in [0.2, 0.25) is 0 Å². The number of fused-ring (bicyclic) bond motifs is 2. The van der Waals surface area contributed by atoms with Crippen LogP contribution >= 0.6 is 0 Å². The van der Waals surface area contributed by atoms with Crippen molar-refractivity contribution in [2.45, 2.75) is 43.9 Å². The molecule has 2 aliphatic rings. The Morgan fingerprint density at radius 2 is 1.82 bits per heavy atom. The zero-order valence-electron chi connectivity index (χ0n) is 18.3. The Morgan fingerprint density at radius 3 is 2.55 bits per heavy atom. The minimum atomic E-state index is -1.07. The summed E-state index contributed by atoms with van der Waals surface area (Å²) in [7, 11) is 0. The Labute approximate surface area is 192 Å². The zero-order valence-corrected chi connectivity index (χ0v) is 18.3. The predicted octanol–water partition coefficient (Wildman–Crippen LogP) is 2.41. The van der Waals surface area contributed by atoms with E-state index in [0.717, 1.165) is 31.5 Å². The minimum absolute atomic E-state index is 0.120. The van der Waals surface area contributed by atoms with Crippen molar-refractivity contribution in [2.24, 2.45) is 0 Å². The third-order valence-corrected chi connectivity index (χ3v) is 6.44. The number of nitrogens with one attached hydrogen (secondary N) is 1. The van der Waals surface area contributed by atoms with Gasteiger partial charge in [0.1, 0.15) is 6.54 Å². The van der Waals surface area contributed by atoms with Gasteiger partial charge in [-0.1, -0.05) is 36.4 Å². The fraction of sp³-hybridized carbons (Fsp3) is 0.400. The number of carboxylic acid groups (broad SMARTS) is 2. The molecule has 174 valence electrons. The SMILES string of the molecule is O=C(O)CNC(=O)CC1Cc2ccccc2C2(CCN(Cc3cccc(C(=O)O)c3)CC2)O1. The first-order valence-electron chi connectivity index (χ1n) is 11.1. The second kappa shape index (κ2) is 9.72. The van der Waals surface area contributed by atoms with E-state index >= 15 is 0 Å². The van der Waals surface area contributed by atoms with Gasteiger partial charge in [-0.3, -0.25) is 14.5 Å². The number of rotatable bonds is 7. The molecule has 0 aliphatic carbocycles. The number of ether oxygens (including phenoxy) is 1. The number of nitrogens with zero attached hydrogens (tertiary/aromatic N) is 1. The van der Waals surface area contributed by atoms with Crippen molar-refractivity contribution in [3.05, 3.63) is 70.8 Å². The van der Waals surface area contributed by atoms with Crippen molar-refractivity contribution in [3.8, 4) is 0 Å². The predicted molar refractivity (Wildman–Crippen MR) is 120 cm³/mol. The number of benzene rings is 2. The van der Waals surface area contributed by atoms with Crippen molar-refractivity contribution in [3.63, 3.8) is 0 Å². The monoisotopic (exact) mass is 452 g/mol. The van der Waals surface area contributed by atoms with Gasteiger partial charge in [0.15, 0.2) is 0 Å². The van der Waals surface area contributed by atoms with E-state index in [0.29, 0.717) is 13.0 Å². The van der Waals surface area contributed by atoms with Gasteiger partial charge in [0.05, 0.1) is 23.7 Å². The fourth-order valence-corrected chi connectivity index (χ4v) is 4.90. The second-order valence-electron chi connectivity index (χ2n) is 8.75. The number of carbonyl (C=O) groups excluding carboxylic acids is 1. The molecular weight excluding hydrogens is 424 g/mol. The molecule has 2 aliphatic heterocycles. The number of amides is 1. The summed E-state index contributed by atoms with van der Waals surface area (Å²) in [5.74, 6) is -2.33. The van der Waals surface area contributed by atoms with Crippen LogP contribution in [0, 0.1) is 0 Å². The van der Waals surface area contributed by atoms with Crippen LogP contribution in [0.5, 0.6) is 0 Å². The highest BCUT2D eigenvalue weighted by Crippen LogP contribution is 2.44. The third kappa shape index (κ3) is 5.40. The molecule has 33 heavy (non-hydrogen) atoms. The molecule has 8 nitrogen and oxygen atoms in total. The van der Waals surface area contributed by atoms with Gasteiger partial charge in [0, 0.05) is 19.6 Å². The number of likely N-dealkylation sites (tertiary alicyclic amines) is 1. The molecule has 1 fully saturated rings. The molecule has 1 amide bonds. The van der Waals surface area contributed by atoms with E-state index < -0.39 is 24.1 Å². The van der Waals surface area contributed by atoms with Gasteiger partial charge in [-0.25, -0.2) is 4.79 Å². The molecule has 2 aromatic rings. The van der Waals surface area contributed by atoms with Gasteiger partial charge in [-0.05, 0) is 48.1 Å². The van der Waals surface area contributed by atoms with Crippen molar-refractivity contribution in [2.75, 3.05) is 19.6 Å². The Hall–Kier alpha value is -3.23. The number of piperidine rings is 1. The van der Waals surface area contributed by atoms with E-state index in [2.05, 4.69) is 22.3 Å². The molecule has 3 N–H and O–H groups in total. The van der Waals surface area contributed by atoms with Crippen molar-refractivity contribution in [1.82, 2.24) is 10.2 Å². The van der Waals surface area contributed by atoms with Crippen LogP contribution in [0.4, 0.5) is 0 Å². The molecule has 4 rings (SSSR count). The summed E-state index contributed by atoms with van der Waals surface area (Å²) >= 11 is 0. The minimum Gasteiger partial charge on any atom is -0.480 e. The summed E-state index contributed by atoms with van der Waals surface area (Å²) in [6.07, 6.45) is 1.94. The summed E-state index contributed by atoms with van der Waals surface area (Å²) in [5.41, 5.74) is 3.10. The van der Waals surface area contributed by atoms with Crippen LogP contribution in [0.25, 0.3) is 0 Å². The van der Waals surface area contributed by atoms with Gasteiger partial charge >= 0.3 is 11.9 Å². The summed E-state index contributed by atoms with van der Waals surface area (Å²) in [6.45, 7) is 1.83. The smallest absolute Gasteiger partial charge is 0.335 e. The average Bonchev–Trinajstić information content (AvgIpc) is 2.79. The van der Waals surface area contributed by atoms with Gasteiger partial charge in [0.25, 0.3) is 0 Å². The van der Waals surface area contributed by atoms with E-state index in [4.69, 9.17) is 9.84 Å². The molecule has 1 atom stereocenters. The van der Waals surface area contributed by atoms with Crippen LogP contribution < -0.4 is 5.32 Å². The zero-order chi connectivity index (χ0) is 23.4. The number of aliphatic carboxylic acids is 1. The standard InChI is InChI=1S/C25H28N2O6/c28-22(26-15-23(29)30)14-20-13-18-5-1-2-7-21(18)25(33-20)8-10-27(11-9-25)16-17-4-3-6-19(12-17)24(31)32/h1-7,12,20H,8-11,13-16H2,(H,26,28)(H,29,30)(H,31,32). The maximum atomic E-state index is 12.2. The summed E-state index contributed by atoms with van der Waals surface area (Å²) in [6, 6.07) is 15.2. The summed E-state index contributed by atoms with van der Waals surface area (Å²) in [5, 5.41) is 20.4. The lowest BCUT2D eigenvalue weighted by atomic mass is 9.77. The lowest BCUT2D eigenvalue weighted by molar-refractivity contribution is -0.151. The Balaban J connectivity index is 1.44. The molecule has 0 bridgehead atoms. The Bertz CT molecular complexity index is 1040. The van der Waals surface area contributed by atoms with Gasteiger partial charge in [-0.15, -0.1) is 0 Å². The van der Waals surface area contributed by atoms with E-state index in [-0.39, 0.29) is 24.0 Å². The molecule has 8 heteroatoms. The quantitative estimate of drug-likeness (QED) is 0.591. The van der Waals surface area contributed by atoms with Crippen LogP contribution in [-0.2, 0) is 32.9 Å². The molecule has 0 aromatic heterocycles. The third-order valence-electron chi connectivity index (χ3n) is 6.44. The first kappa shape index (κ1) is 22.9. The molecule has 2 aromatic carbocycles. The molecule has 1 saturated heterocycles. The molecule has 1 spiro atoms. The van der Waals surface area contributed by atoms with Gasteiger partial charge < -0.3 is 20.3 Å². The fourth-order valence-electron chi connectivity index (χ4n) is 4.90. The first-order chi connectivity index (χ1) is 15.8. The second-order valence-corrected chi connectivity index (χ2v) is 8.75. The number of hydrogen-bond acceptors (Lipinski definition) is 5. The highest BCUT2D eigenvalue weighted by molar-refractivity contribution is 5.87. The van der Waals surface area contributed by atoms with Crippen molar-refractivity contribution < 1.29 is 29.3 Å². The topological polar surface area (TPSA) is 116 Å². The van der Waals surface area contributed by atoms with E-state index in [1.807, 2.05) is 18.2 Å². The first-order valence-corrected chi connectivity index (χ1v) is 11.1. The Morgan fingerprint density at radius 1 is 1.06 bits per heavy atom. The molecule has 2 heterocycles. The maximum Gasteiger partial charge on any atom is 0.335 e. The van der Waals surface area contributed by atoms with Crippen LogP contribution in [0.3, 0.4) is 0 Å². The van der Waals surface area contributed by atoms with Crippen molar-refractivity contribution >= 4 is 17.8 Å². The number of carboxylic acids is 2. The Kier molecular flexibility index (Phi) is 6.76. The lowest BCUT2D eigenvalue weighted by Crippen LogP contribution is -2.49.